The Morgan fingerprint density at radius 3 is 2.96 bits per heavy atom. The van der Waals surface area contributed by atoms with Gasteiger partial charge in [0, 0.05) is 35.4 Å². The Morgan fingerprint density at radius 1 is 1.33 bits per heavy atom. The zero-order valence-corrected chi connectivity index (χ0v) is 16.0. The van der Waals surface area contributed by atoms with Gasteiger partial charge in [-0.15, -0.1) is 0 Å². The maximum absolute atomic E-state index is 10.8. The lowest BCUT2D eigenvalue weighted by atomic mass is 9.41. The first-order valence-electron chi connectivity index (χ1n) is 10.6. The van der Waals surface area contributed by atoms with E-state index in [1.54, 1.807) is 6.07 Å². The van der Waals surface area contributed by atoms with E-state index < -0.39 is 0 Å². The van der Waals surface area contributed by atoms with Crippen molar-refractivity contribution >= 4 is 0 Å². The van der Waals surface area contributed by atoms with Gasteiger partial charge < -0.3 is 19.8 Å². The Bertz CT molecular complexity index is 816. The highest BCUT2D eigenvalue weighted by molar-refractivity contribution is 5.58. The van der Waals surface area contributed by atoms with Crippen LogP contribution in [-0.2, 0) is 5.41 Å². The summed E-state index contributed by atoms with van der Waals surface area (Å²) >= 11 is 0. The highest BCUT2D eigenvalue weighted by Crippen LogP contribution is 2.70. The highest BCUT2D eigenvalue weighted by Gasteiger charge is 2.71. The van der Waals surface area contributed by atoms with Gasteiger partial charge in [0.1, 0.15) is 6.10 Å². The maximum Gasteiger partial charge on any atom is 0.165 e. The molecule has 2 spiro atoms. The van der Waals surface area contributed by atoms with Gasteiger partial charge in [-0.1, -0.05) is 24.3 Å². The average Bonchev–Trinajstić information content (AvgIpc) is 3.39. The summed E-state index contributed by atoms with van der Waals surface area (Å²) in [6.45, 7) is 5.24. The quantitative estimate of drug-likeness (QED) is 0.806. The number of rotatable bonds is 3. The normalized spacial score (nSPS) is 43.0. The van der Waals surface area contributed by atoms with Crippen LogP contribution in [-0.4, -0.2) is 47.0 Å². The second-order valence-electron chi connectivity index (χ2n) is 9.74. The molecule has 6 aliphatic rings. The average molecular weight is 367 g/mol. The number of fused-ring (bicyclic) bond motifs is 2. The summed E-state index contributed by atoms with van der Waals surface area (Å²) in [4.78, 5) is 2.64. The Hall–Kier alpha value is -1.52. The van der Waals surface area contributed by atoms with E-state index in [1.807, 2.05) is 13.0 Å². The van der Waals surface area contributed by atoms with Crippen LogP contribution in [0.2, 0.25) is 0 Å². The summed E-state index contributed by atoms with van der Waals surface area (Å²) in [5.41, 5.74) is 0.936. The summed E-state index contributed by atoms with van der Waals surface area (Å²) in [6.07, 6.45) is 9.31. The third kappa shape index (κ3) is 1.96. The molecule has 2 saturated carbocycles. The van der Waals surface area contributed by atoms with E-state index in [9.17, 15) is 10.2 Å². The molecule has 4 heteroatoms. The van der Waals surface area contributed by atoms with Gasteiger partial charge in [0.2, 0.25) is 0 Å². The highest BCUT2D eigenvalue weighted by atomic mass is 16.5. The molecule has 0 aromatic heterocycles. The summed E-state index contributed by atoms with van der Waals surface area (Å²) in [5, 5.41) is 21.3. The standard InChI is InChI=1S/C23H29NO3/c1-14(25)18-11-16-7-8-22(18)13-24(12-15-5-6-15)10-9-23(22)17-3-2-4-19(26)20(17)27-21(16)23/h2-4,7-8,14-16,18,21,25-26H,5-6,9-13H2,1H3. The van der Waals surface area contributed by atoms with Crippen LogP contribution in [0.1, 0.15) is 38.2 Å². The van der Waals surface area contributed by atoms with Crippen molar-refractivity contribution in [2.24, 2.45) is 23.2 Å². The Balaban J connectivity index is 1.53. The van der Waals surface area contributed by atoms with E-state index in [-0.39, 0.29) is 34.7 Å². The van der Waals surface area contributed by atoms with Crippen molar-refractivity contribution in [2.45, 2.75) is 50.2 Å². The maximum atomic E-state index is 10.8. The molecule has 4 nitrogen and oxygen atoms in total. The minimum Gasteiger partial charge on any atom is -0.504 e. The second kappa shape index (κ2) is 5.30. The first kappa shape index (κ1) is 16.4. The topological polar surface area (TPSA) is 52.9 Å². The molecular weight excluding hydrogens is 338 g/mol. The molecule has 1 aromatic rings. The fourth-order valence-corrected chi connectivity index (χ4v) is 7.11. The fourth-order valence-electron chi connectivity index (χ4n) is 7.11. The lowest BCUT2D eigenvalue weighted by molar-refractivity contribution is -0.140. The van der Waals surface area contributed by atoms with Crippen molar-refractivity contribution in [3.63, 3.8) is 0 Å². The number of phenolic OH excluding ortho intramolecular Hbond substituents is 1. The van der Waals surface area contributed by atoms with Crippen molar-refractivity contribution in [1.82, 2.24) is 4.90 Å². The predicted octanol–water partition coefficient (Wildman–Crippen LogP) is 3.08. The van der Waals surface area contributed by atoms with Gasteiger partial charge in [0.25, 0.3) is 0 Å². The van der Waals surface area contributed by atoms with Gasteiger partial charge in [0.15, 0.2) is 11.5 Å². The van der Waals surface area contributed by atoms with E-state index in [4.69, 9.17) is 4.74 Å². The molecule has 7 rings (SSSR count). The van der Waals surface area contributed by atoms with Crippen LogP contribution in [0, 0.1) is 23.2 Å². The minimum atomic E-state index is -0.336. The van der Waals surface area contributed by atoms with Crippen molar-refractivity contribution < 1.29 is 14.9 Å². The molecule has 1 aromatic carbocycles. The summed E-state index contributed by atoms with van der Waals surface area (Å²) in [5.74, 6) is 2.38. The number of para-hydroxylation sites is 1. The number of benzene rings is 1. The molecule has 4 aliphatic carbocycles. The van der Waals surface area contributed by atoms with E-state index in [2.05, 4.69) is 23.1 Å². The van der Waals surface area contributed by atoms with Gasteiger partial charge >= 0.3 is 0 Å². The third-order valence-corrected chi connectivity index (χ3v) is 8.36. The van der Waals surface area contributed by atoms with E-state index >= 15 is 0 Å². The Kier molecular flexibility index (Phi) is 3.22. The van der Waals surface area contributed by atoms with Crippen molar-refractivity contribution in [2.75, 3.05) is 19.6 Å². The molecule has 6 atom stereocenters. The Labute approximate surface area is 160 Å². The monoisotopic (exact) mass is 367 g/mol. The summed E-state index contributed by atoms with van der Waals surface area (Å²) in [7, 11) is 0. The van der Waals surface area contributed by atoms with Gasteiger partial charge in [-0.3, -0.25) is 0 Å². The molecule has 3 fully saturated rings. The number of hydrogen-bond donors (Lipinski definition) is 2. The molecule has 2 aliphatic heterocycles. The number of aliphatic hydroxyl groups is 1. The fraction of sp³-hybridized carbons (Fsp3) is 0.652. The number of piperidine rings is 1. The Morgan fingerprint density at radius 2 is 2.19 bits per heavy atom. The predicted molar refractivity (Wildman–Crippen MR) is 103 cm³/mol. The molecule has 1 saturated heterocycles. The first-order valence-corrected chi connectivity index (χ1v) is 10.6. The van der Waals surface area contributed by atoms with Crippen LogP contribution >= 0.6 is 0 Å². The third-order valence-electron chi connectivity index (χ3n) is 8.36. The van der Waals surface area contributed by atoms with Crippen LogP contribution in [0.5, 0.6) is 11.5 Å². The van der Waals surface area contributed by atoms with Crippen LogP contribution < -0.4 is 4.74 Å². The number of ether oxygens (including phenoxy) is 1. The molecule has 0 amide bonds. The number of phenols is 1. The van der Waals surface area contributed by atoms with Gasteiger partial charge in [-0.25, -0.2) is 0 Å². The lowest BCUT2D eigenvalue weighted by Gasteiger charge is -2.65. The van der Waals surface area contributed by atoms with Crippen LogP contribution in [0.25, 0.3) is 0 Å². The van der Waals surface area contributed by atoms with Crippen molar-refractivity contribution in [3.8, 4) is 11.5 Å². The number of hydrogen-bond acceptors (Lipinski definition) is 4. The van der Waals surface area contributed by atoms with Crippen LogP contribution in [0.4, 0.5) is 0 Å². The van der Waals surface area contributed by atoms with Crippen LogP contribution in [0.3, 0.4) is 0 Å². The molecule has 2 bridgehead atoms. The van der Waals surface area contributed by atoms with Gasteiger partial charge in [0.05, 0.1) is 6.10 Å². The molecule has 144 valence electrons. The largest absolute Gasteiger partial charge is 0.504 e. The molecule has 2 heterocycles. The van der Waals surface area contributed by atoms with E-state index in [0.29, 0.717) is 11.7 Å². The molecular formula is C23H29NO3. The number of aliphatic hydroxyl groups excluding tert-OH is 1. The number of nitrogens with zero attached hydrogens (tertiary/aromatic N) is 1. The SMILES string of the molecule is CC(O)C1CC2C=CC13CN(CC1CC1)CCC31c3cccc(O)c3OC21. The first-order chi connectivity index (χ1) is 13.0. The molecule has 0 radical (unpaired) electrons. The van der Waals surface area contributed by atoms with Crippen LogP contribution in [0.15, 0.2) is 30.4 Å². The van der Waals surface area contributed by atoms with Gasteiger partial charge in [-0.05, 0) is 57.1 Å². The zero-order valence-electron chi connectivity index (χ0n) is 16.0. The molecule has 27 heavy (non-hydrogen) atoms. The number of aromatic hydroxyl groups is 1. The summed E-state index contributed by atoms with van der Waals surface area (Å²) in [6, 6.07) is 5.87. The lowest BCUT2D eigenvalue weighted by Crippen LogP contribution is -2.71. The van der Waals surface area contributed by atoms with Crippen molar-refractivity contribution in [3.05, 3.63) is 35.9 Å². The minimum absolute atomic E-state index is 0.0869. The smallest absolute Gasteiger partial charge is 0.165 e. The van der Waals surface area contributed by atoms with E-state index in [0.717, 1.165) is 31.8 Å². The summed E-state index contributed by atoms with van der Waals surface area (Å²) < 4.78 is 6.49. The molecule has 2 N–H and O–H groups in total. The second-order valence-corrected chi connectivity index (χ2v) is 9.74. The van der Waals surface area contributed by atoms with E-state index in [1.165, 1.54) is 24.9 Å². The molecule has 6 unspecified atom stereocenters. The zero-order chi connectivity index (χ0) is 18.4. The van der Waals surface area contributed by atoms with Gasteiger partial charge in [-0.2, -0.15) is 0 Å². The van der Waals surface area contributed by atoms with Crippen molar-refractivity contribution in [1.29, 1.82) is 0 Å². The number of likely N-dealkylation sites (tertiary alicyclic amines) is 1.